The number of carbonyl (C=O) groups excluding carboxylic acids is 1. The predicted molar refractivity (Wildman–Crippen MR) is 51.2 cm³/mol. The van der Waals surface area contributed by atoms with Crippen molar-refractivity contribution in [2.24, 2.45) is 5.92 Å². The van der Waals surface area contributed by atoms with Crippen LogP contribution in [0.15, 0.2) is 12.2 Å². The molecule has 0 unspecified atom stereocenters. The third-order valence-electron chi connectivity index (χ3n) is 1.83. The first-order valence-electron chi connectivity index (χ1n) is 4.51. The van der Waals surface area contributed by atoms with Gasteiger partial charge in [-0.2, -0.15) is 0 Å². The number of hydrogen-bond donors (Lipinski definition) is 1. The summed E-state index contributed by atoms with van der Waals surface area (Å²) in [5, 5.41) is 9.33. The topological polar surface area (TPSA) is 46.5 Å². The summed E-state index contributed by atoms with van der Waals surface area (Å²) in [7, 11) is 0. The molecule has 0 rings (SSSR count). The number of aliphatic hydroxyl groups excluding tert-OH is 1. The van der Waals surface area contributed by atoms with Gasteiger partial charge in [0.1, 0.15) is 0 Å². The molecule has 0 aromatic carbocycles. The van der Waals surface area contributed by atoms with Gasteiger partial charge in [-0.25, -0.2) is 4.79 Å². The van der Waals surface area contributed by atoms with Crippen LogP contribution in [0.3, 0.4) is 0 Å². The van der Waals surface area contributed by atoms with Gasteiger partial charge in [-0.15, -0.1) is 0 Å². The fourth-order valence-corrected chi connectivity index (χ4v) is 0.806. The molecule has 1 N–H and O–H groups in total. The maximum Gasteiger partial charge on any atom is 0.335 e. The Morgan fingerprint density at radius 3 is 2.46 bits per heavy atom. The van der Waals surface area contributed by atoms with Gasteiger partial charge in [0, 0.05) is 6.42 Å². The van der Waals surface area contributed by atoms with Crippen LogP contribution in [0, 0.1) is 5.92 Å². The normalized spacial score (nSPS) is 12.7. The first-order chi connectivity index (χ1) is 5.99. The average Bonchev–Trinajstić information content (AvgIpc) is 2.04. The molecular weight excluding hydrogens is 168 g/mol. The van der Waals surface area contributed by atoms with Crippen LogP contribution in [-0.4, -0.2) is 23.8 Å². The summed E-state index contributed by atoms with van der Waals surface area (Å²) in [5.41, 5.74) is 0.862. The lowest BCUT2D eigenvalue weighted by Gasteiger charge is -2.13. The molecule has 0 aromatic heterocycles. The summed E-state index contributed by atoms with van der Waals surface area (Å²) >= 11 is 0. The maximum absolute atomic E-state index is 11.0. The van der Waals surface area contributed by atoms with Crippen molar-refractivity contribution in [1.29, 1.82) is 0 Å². The highest BCUT2D eigenvalue weighted by atomic mass is 16.5. The molecule has 0 aliphatic rings. The van der Waals surface area contributed by atoms with E-state index in [1.54, 1.807) is 6.92 Å². The Morgan fingerprint density at radius 2 is 2.08 bits per heavy atom. The van der Waals surface area contributed by atoms with Gasteiger partial charge in [-0.3, -0.25) is 0 Å². The second-order valence-corrected chi connectivity index (χ2v) is 3.28. The Balaban J connectivity index is 3.92. The molecule has 13 heavy (non-hydrogen) atoms. The van der Waals surface area contributed by atoms with Crippen LogP contribution in [0.4, 0.5) is 0 Å². The smallest absolute Gasteiger partial charge is 0.335 e. The molecule has 3 nitrogen and oxygen atoms in total. The molecule has 0 bridgehead atoms. The largest absolute Gasteiger partial charge is 0.464 e. The third kappa shape index (κ3) is 4.68. The van der Waals surface area contributed by atoms with Crippen molar-refractivity contribution in [3.05, 3.63) is 12.2 Å². The summed E-state index contributed by atoms with van der Waals surface area (Å²) in [6.07, 6.45) is -0.772. The van der Waals surface area contributed by atoms with Crippen molar-refractivity contribution in [2.45, 2.75) is 33.3 Å². The predicted octanol–water partition coefficient (Wildman–Crippen LogP) is 1.51. The van der Waals surface area contributed by atoms with E-state index in [1.807, 2.05) is 13.8 Å². The maximum atomic E-state index is 11.0. The minimum atomic E-state index is -1.06. The summed E-state index contributed by atoms with van der Waals surface area (Å²) in [4.78, 5) is 11.0. The van der Waals surface area contributed by atoms with Gasteiger partial charge in [0.15, 0.2) is 6.10 Å². The monoisotopic (exact) mass is 186 g/mol. The van der Waals surface area contributed by atoms with E-state index in [2.05, 4.69) is 11.3 Å². The van der Waals surface area contributed by atoms with E-state index in [-0.39, 0.29) is 12.3 Å². The summed E-state index contributed by atoms with van der Waals surface area (Å²) in [6.45, 7) is 9.72. The Labute approximate surface area is 79.4 Å². The van der Waals surface area contributed by atoms with Crippen molar-refractivity contribution in [1.82, 2.24) is 0 Å². The van der Waals surface area contributed by atoms with Crippen LogP contribution >= 0.6 is 0 Å². The third-order valence-corrected chi connectivity index (χ3v) is 1.83. The van der Waals surface area contributed by atoms with E-state index in [9.17, 15) is 9.90 Å². The van der Waals surface area contributed by atoms with Crippen LogP contribution in [0.2, 0.25) is 0 Å². The molecule has 0 heterocycles. The van der Waals surface area contributed by atoms with Crippen molar-refractivity contribution < 1.29 is 14.6 Å². The highest BCUT2D eigenvalue weighted by Crippen LogP contribution is 2.13. The summed E-state index contributed by atoms with van der Waals surface area (Å²) in [5.74, 6) is -0.284. The minimum absolute atomic E-state index is 0.282. The Hall–Kier alpha value is -0.830. The van der Waals surface area contributed by atoms with Crippen molar-refractivity contribution in [2.75, 3.05) is 6.61 Å². The molecule has 0 radical (unpaired) electrons. The molecule has 0 aromatic rings. The van der Waals surface area contributed by atoms with Gasteiger partial charge < -0.3 is 9.84 Å². The van der Waals surface area contributed by atoms with Gasteiger partial charge in [-0.05, 0) is 12.8 Å². The zero-order valence-electron chi connectivity index (χ0n) is 8.54. The Morgan fingerprint density at radius 1 is 1.54 bits per heavy atom. The molecule has 0 spiro atoms. The van der Waals surface area contributed by atoms with Gasteiger partial charge in [-0.1, -0.05) is 26.0 Å². The molecular formula is C10H18O3. The van der Waals surface area contributed by atoms with Crippen LogP contribution in [0.1, 0.15) is 27.2 Å². The zero-order chi connectivity index (χ0) is 10.4. The molecule has 3 heteroatoms. The van der Waals surface area contributed by atoms with Gasteiger partial charge in [0.2, 0.25) is 0 Å². The summed E-state index contributed by atoms with van der Waals surface area (Å²) in [6, 6.07) is 0. The number of rotatable bonds is 5. The van der Waals surface area contributed by atoms with Crippen molar-refractivity contribution in [3.8, 4) is 0 Å². The molecule has 0 saturated carbocycles. The van der Waals surface area contributed by atoms with E-state index in [0.717, 1.165) is 5.57 Å². The second-order valence-electron chi connectivity index (χ2n) is 3.28. The number of hydrogen-bond acceptors (Lipinski definition) is 3. The van der Waals surface area contributed by atoms with E-state index in [4.69, 9.17) is 0 Å². The summed E-state index contributed by atoms with van der Waals surface area (Å²) < 4.78 is 4.65. The first-order valence-corrected chi connectivity index (χ1v) is 4.51. The standard InChI is InChI=1S/C10H18O3/c1-5-13-10(12)9(11)6-8(4)7(2)3/h7,9,11H,4-6H2,1-3H3/t9-/m0/s1. The number of aliphatic hydroxyl groups is 1. The highest BCUT2D eigenvalue weighted by molar-refractivity contribution is 5.74. The van der Waals surface area contributed by atoms with E-state index in [0.29, 0.717) is 6.61 Å². The van der Waals surface area contributed by atoms with Crippen LogP contribution in [-0.2, 0) is 9.53 Å². The van der Waals surface area contributed by atoms with E-state index < -0.39 is 12.1 Å². The lowest BCUT2D eigenvalue weighted by atomic mass is 9.99. The van der Waals surface area contributed by atoms with E-state index in [1.165, 1.54) is 0 Å². The molecule has 0 amide bonds. The Bertz CT molecular complexity index is 185. The zero-order valence-corrected chi connectivity index (χ0v) is 8.54. The Kier molecular flexibility index (Phi) is 5.39. The van der Waals surface area contributed by atoms with Crippen molar-refractivity contribution in [3.63, 3.8) is 0 Å². The van der Waals surface area contributed by atoms with Gasteiger partial charge >= 0.3 is 5.97 Å². The lowest BCUT2D eigenvalue weighted by Crippen LogP contribution is -2.24. The quantitative estimate of drug-likeness (QED) is 0.523. The van der Waals surface area contributed by atoms with Crippen LogP contribution in [0.5, 0.6) is 0 Å². The first kappa shape index (κ1) is 12.2. The number of ether oxygens (including phenoxy) is 1. The SMILES string of the molecule is C=C(C[C@H](O)C(=O)OCC)C(C)C. The molecule has 0 aliphatic carbocycles. The molecule has 76 valence electrons. The van der Waals surface area contributed by atoms with Crippen LogP contribution in [0.25, 0.3) is 0 Å². The van der Waals surface area contributed by atoms with E-state index >= 15 is 0 Å². The molecule has 0 aliphatic heterocycles. The molecule has 0 fully saturated rings. The number of carbonyl (C=O) groups is 1. The molecule has 0 saturated heterocycles. The van der Waals surface area contributed by atoms with Crippen molar-refractivity contribution >= 4 is 5.97 Å². The van der Waals surface area contributed by atoms with Gasteiger partial charge in [0.05, 0.1) is 6.61 Å². The molecule has 1 atom stereocenters. The fraction of sp³-hybridized carbons (Fsp3) is 0.700. The second kappa shape index (κ2) is 5.75. The lowest BCUT2D eigenvalue weighted by molar-refractivity contribution is -0.152. The average molecular weight is 186 g/mol. The number of esters is 1. The van der Waals surface area contributed by atoms with Gasteiger partial charge in [0.25, 0.3) is 0 Å². The van der Waals surface area contributed by atoms with Crippen LogP contribution < -0.4 is 0 Å². The highest BCUT2D eigenvalue weighted by Gasteiger charge is 2.17. The fourth-order valence-electron chi connectivity index (χ4n) is 0.806. The minimum Gasteiger partial charge on any atom is -0.464 e.